The quantitative estimate of drug-likeness (QED) is 0.662. The lowest BCUT2D eigenvalue weighted by molar-refractivity contribution is 0.582. The van der Waals surface area contributed by atoms with E-state index in [-0.39, 0.29) is 11.0 Å². The molecule has 0 saturated carbocycles. The van der Waals surface area contributed by atoms with Gasteiger partial charge in [0.2, 0.25) is 0 Å². The maximum absolute atomic E-state index is 12.5. The van der Waals surface area contributed by atoms with E-state index in [9.17, 15) is 8.78 Å². The Balaban J connectivity index is 3.08. The van der Waals surface area contributed by atoms with Crippen molar-refractivity contribution in [2.75, 3.05) is 0 Å². The minimum Gasteiger partial charge on any atom is -0.450 e. The molecule has 0 amide bonds. The van der Waals surface area contributed by atoms with Crippen molar-refractivity contribution in [2.45, 2.75) is 0 Å². The van der Waals surface area contributed by atoms with Crippen LogP contribution in [-0.4, -0.2) is 12.5 Å². The minimum absolute atomic E-state index is 0.174. The van der Waals surface area contributed by atoms with Gasteiger partial charge in [-0.15, -0.1) is 6.58 Å². The molecule has 0 aliphatic rings. The molecule has 0 aliphatic heterocycles. The predicted octanol–water partition coefficient (Wildman–Crippen LogP) is 1.55. The Labute approximate surface area is 69.6 Å². The first-order chi connectivity index (χ1) is 5.63. The molecule has 1 radical (unpaired) electrons. The summed E-state index contributed by atoms with van der Waals surface area (Å²) in [5, 5.41) is 8.50. The van der Waals surface area contributed by atoms with Gasteiger partial charge in [-0.05, 0) is 17.7 Å². The summed E-state index contributed by atoms with van der Waals surface area (Å²) in [5.41, 5.74) is 0.406. The molecule has 0 spiro atoms. The third kappa shape index (κ3) is 1.92. The van der Waals surface area contributed by atoms with Gasteiger partial charge < -0.3 is 5.02 Å². The summed E-state index contributed by atoms with van der Waals surface area (Å²) in [4.78, 5) is 0. The normalized spacial score (nSPS) is 9.58. The van der Waals surface area contributed by atoms with E-state index in [0.29, 0.717) is 7.48 Å². The van der Waals surface area contributed by atoms with Crippen molar-refractivity contribution in [1.82, 2.24) is 0 Å². The molecular weight excluding hydrogens is 161 g/mol. The Morgan fingerprint density at radius 3 is 2.17 bits per heavy atom. The molecule has 0 fully saturated rings. The summed E-state index contributed by atoms with van der Waals surface area (Å²) in [6, 6.07) is 2.95. The van der Waals surface area contributed by atoms with E-state index in [1.54, 1.807) is 0 Å². The third-order valence-corrected chi connectivity index (χ3v) is 1.39. The molecule has 1 rings (SSSR count). The van der Waals surface area contributed by atoms with Gasteiger partial charge in [0.25, 0.3) is 0 Å². The van der Waals surface area contributed by atoms with Gasteiger partial charge in [0.1, 0.15) is 11.6 Å². The fourth-order valence-corrected chi connectivity index (χ4v) is 0.814. The highest BCUT2D eigenvalue weighted by Crippen LogP contribution is 2.14. The lowest BCUT2D eigenvalue weighted by atomic mass is 9.84. The summed E-state index contributed by atoms with van der Waals surface area (Å²) >= 11 is 0. The average Bonchev–Trinajstić information content (AvgIpc) is 2.01. The Morgan fingerprint density at radius 1 is 1.25 bits per heavy atom. The summed E-state index contributed by atoms with van der Waals surface area (Å²) in [5.74, 6) is -1.37. The van der Waals surface area contributed by atoms with Gasteiger partial charge in [-0.25, -0.2) is 8.78 Å². The van der Waals surface area contributed by atoms with Crippen LogP contribution in [-0.2, 0) is 0 Å². The average molecular weight is 167 g/mol. The van der Waals surface area contributed by atoms with Gasteiger partial charge >= 0.3 is 7.48 Å². The van der Waals surface area contributed by atoms with Crippen LogP contribution in [0, 0.1) is 11.6 Å². The van der Waals surface area contributed by atoms with Gasteiger partial charge in [-0.2, -0.15) is 0 Å². The fraction of sp³-hybridized carbons (Fsp3) is 0. The zero-order chi connectivity index (χ0) is 9.14. The first kappa shape index (κ1) is 8.94. The van der Waals surface area contributed by atoms with Crippen LogP contribution < -0.4 is 0 Å². The third-order valence-electron chi connectivity index (χ3n) is 1.39. The number of hydrogen-bond acceptors (Lipinski definition) is 1. The molecule has 1 N–H and O–H groups in total. The Bertz CT molecular complexity index is 292. The molecule has 0 aromatic heterocycles. The van der Waals surface area contributed by atoms with E-state index >= 15 is 0 Å². The zero-order valence-corrected chi connectivity index (χ0v) is 6.22. The molecule has 0 heterocycles. The molecule has 0 aliphatic carbocycles. The van der Waals surface area contributed by atoms with Crippen molar-refractivity contribution in [3.05, 3.63) is 42.0 Å². The molecule has 61 valence electrons. The van der Waals surface area contributed by atoms with Crippen LogP contribution in [0.4, 0.5) is 8.78 Å². The second-order valence-corrected chi connectivity index (χ2v) is 2.31. The van der Waals surface area contributed by atoms with Crippen LogP contribution in [0.3, 0.4) is 0 Å². The van der Waals surface area contributed by atoms with Crippen LogP contribution >= 0.6 is 0 Å². The molecule has 0 bridgehead atoms. The molecule has 1 aromatic rings. The number of benzene rings is 1. The Morgan fingerprint density at radius 2 is 1.75 bits per heavy atom. The number of hydrogen-bond donors (Lipinski definition) is 1. The predicted molar refractivity (Wildman–Crippen MR) is 43.4 cm³/mol. The SMILES string of the molecule is C=C([B]O)c1cc(F)cc(F)c1. The van der Waals surface area contributed by atoms with Gasteiger partial charge in [0.05, 0.1) is 0 Å². The first-order valence-electron chi connectivity index (χ1n) is 3.26. The molecule has 0 unspecified atom stereocenters. The largest absolute Gasteiger partial charge is 0.450 e. The topological polar surface area (TPSA) is 20.2 Å². The maximum atomic E-state index is 12.5. The van der Waals surface area contributed by atoms with Crippen LogP contribution in [0.25, 0.3) is 5.47 Å². The smallest absolute Gasteiger partial charge is 0.326 e. The van der Waals surface area contributed by atoms with E-state index in [2.05, 4.69) is 6.58 Å². The molecule has 1 aromatic carbocycles. The summed E-state index contributed by atoms with van der Waals surface area (Å²) < 4.78 is 25.1. The lowest BCUT2D eigenvalue weighted by Crippen LogP contribution is -1.94. The molecular formula is C8H6BF2O. The van der Waals surface area contributed by atoms with E-state index in [0.717, 1.165) is 18.2 Å². The highest BCUT2D eigenvalue weighted by atomic mass is 19.1. The van der Waals surface area contributed by atoms with E-state index in [1.165, 1.54) is 0 Å². The highest BCUT2D eigenvalue weighted by molar-refractivity contribution is 6.53. The van der Waals surface area contributed by atoms with Crippen molar-refractivity contribution < 1.29 is 13.8 Å². The zero-order valence-electron chi connectivity index (χ0n) is 6.22. The summed E-state index contributed by atoms with van der Waals surface area (Å²) in [7, 11) is 0.703. The molecule has 0 atom stereocenters. The van der Waals surface area contributed by atoms with Crippen molar-refractivity contribution in [1.29, 1.82) is 0 Å². The Kier molecular flexibility index (Phi) is 2.60. The molecule has 4 heteroatoms. The minimum atomic E-state index is -0.687. The number of rotatable bonds is 2. The van der Waals surface area contributed by atoms with Gasteiger partial charge in [0, 0.05) is 6.07 Å². The Hall–Kier alpha value is -1.16. The van der Waals surface area contributed by atoms with Crippen LogP contribution in [0.1, 0.15) is 5.56 Å². The monoisotopic (exact) mass is 167 g/mol. The van der Waals surface area contributed by atoms with Gasteiger partial charge in [0.15, 0.2) is 0 Å². The van der Waals surface area contributed by atoms with Crippen LogP contribution in [0.5, 0.6) is 0 Å². The number of halogens is 2. The van der Waals surface area contributed by atoms with Crippen molar-refractivity contribution >= 4 is 13.0 Å². The van der Waals surface area contributed by atoms with Crippen molar-refractivity contribution in [2.24, 2.45) is 0 Å². The summed E-state index contributed by atoms with van der Waals surface area (Å²) in [6.07, 6.45) is 0. The standard InChI is InChI=1S/C8H6BF2O/c1-5(9-12)6-2-7(10)4-8(11)3-6/h2-4,12H,1H2. The second kappa shape index (κ2) is 3.49. The van der Waals surface area contributed by atoms with Crippen molar-refractivity contribution in [3.8, 4) is 0 Å². The van der Waals surface area contributed by atoms with E-state index in [1.807, 2.05) is 0 Å². The van der Waals surface area contributed by atoms with Gasteiger partial charge in [-0.1, -0.05) is 5.47 Å². The first-order valence-corrected chi connectivity index (χ1v) is 3.26. The van der Waals surface area contributed by atoms with Crippen LogP contribution in [0.15, 0.2) is 24.8 Å². The van der Waals surface area contributed by atoms with E-state index in [4.69, 9.17) is 5.02 Å². The molecule has 1 nitrogen and oxygen atoms in total. The molecule has 12 heavy (non-hydrogen) atoms. The van der Waals surface area contributed by atoms with E-state index < -0.39 is 11.6 Å². The van der Waals surface area contributed by atoms with Gasteiger partial charge in [-0.3, -0.25) is 0 Å². The van der Waals surface area contributed by atoms with Crippen molar-refractivity contribution in [3.63, 3.8) is 0 Å². The van der Waals surface area contributed by atoms with Crippen LogP contribution in [0.2, 0.25) is 0 Å². The fourth-order valence-electron chi connectivity index (χ4n) is 0.814. The molecule has 0 saturated heterocycles. The summed E-state index contributed by atoms with van der Waals surface area (Å²) in [6.45, 7) is 3.39. The highest BCUT2D eigenvalue weighted by Gasteiger charge is 2.03. The lowest BCUT2D eigenvalue weighted by Gasteiger charge is -2.00. The second-order valence-electron chi connectivity index (χ2n) is 2.31. The maximum Gasteiger partial charge on any atom is 0.326 e.